The van der Waals surface area contributed by atoms with Crippen LogP contribution in [-0.4, -0.2) is 19.1 Å². The summed E-state index contributed by atoms with van der Waals surface area (Å²) in [6.07, 6.45) is 1.86. The van der Waals surface area contributed by atoms with Crippen LogP contribution in [0.1, 0.15) is 25.0 Å². The van der Waals surface area contributed by atoms with Crippen LogP contribution in [0.3, 0.4) is 0 Å². The Hall–Kier alpha value is -5.88. The van der Waals surface area contributed by atoms with Crippen LogP contribution in [0.15, 0.2) is 128 Å². The Balaban J connectivity index is 1.18. The van der Waals surface area contributed by atoms with Crippen molar-refractivity contribution < 1.29 is 9.47 Å². The van der Waals surface area contributed by atoms with Crippen molar-refractivity contribution in [1.29, 1.82) is 0 Å². The highest BCUT2D eigenvalue weighted by molar-refractivity contribution is 6.10. The Labute approximate surface area is 266 Å². The van der Waals surface area contributed by atoms with Gasteiger partial charge in [-0.25, -0.2) is 9.97 Å². The van der Waals surface area contributed by atoms with Gasteiger partial charge in [0.25, 0.3) is 0 Å². The fraction of sp³-hybridized carbons (Fsp3) is 0.100. The first kappa shape index (κ1) is 26.5. The summed E-state index contributed by atoms with van der Waals surface area (Å²) in [5.74, 6) is 4.14. The summed E-state index contributed by atoms with van der Waals surface area (Å²) in [7, 11) is 2.05. The van der Waals surface area contributed by atoms with E-state index in [1.807, 2.05) is 80.0 Å². The molecule has 8 aromatic rings. The van der Waals surface area contributed by atoms with Crippen LogP contribution >= 0.6 is 0 Å². The van der Waals surface area contributed by atoms with Gasteiger partial charge in [0.05, 0.1) is 22.2 Å². The summed E-state index contributed by atoms with van der Waals surface area (Å²) >= 11 is 0. The van der Waals surface area contributed by atoms with Gasteiger partial charge in [-0.15, -0.1) is 0 Å². The normalized spacial score (nSPS) is 13.5. The molecule has 5 aromatic carbocycles. The molecular weight excluding hydrogens is 568 g/mol. The average molecular weight is 599 g/mol. The number of aromatic nitrogens is 4. The van der Waals surface area contributed by atoms with Crippen molar-refractivity contribution in [3.05, 3.63) is 139 Å². The third kappa shape index (κ3) is 3.90. The van der Waals surface area contributed by atoms with Gasteiger partial charge in [-0.1, -0.05) is 62.4 Å². The van der Waals surface area contributed by atoms with E-state index in [1.165, 1.54) is 0 Å². The number of benzene rings is 5. The summed E-state index contributed by atoms with van der Waals surface area (Å²) in [5.41, 5.74) is 8.00. The smallest absolute Gasteiger partial charge is 0.145 e. The molecule has 46 heavy (non-hydrogen) atoms. The molecule has 1 aliphatic heterocycles. The third-order valence-corrected chi connectivity index (χ3v) is 9.25. The molecule has 0 atom stereocenters. The zero-order chi connectivity index (χ0) is 31.0. The maximum atomic E-state index is 6.52. The highest BCUT2D eigenvalue weighted by atomic mass is 16.5. The van der Waals surface area contributed by atoms with E-state index in [1.54, 1.807) is 0 Å². The van der Waals surface area contributed by atoms with Crippen LogP contribution in [0.25, 0.3) is 50.0 Å². The molecule has 0 radical (unpaired) electrons. The van der Waals surface area contributed by atoms with Crippen molar-refractivity contribution in [2.75, 3.05) is 0 Å². The fourth-order valence-corrected chi connectivity index (χ4v) is 7.10. The molecule has 0 bridgehead atoms. The summed E-state index contributed by atoms with van der Waals surface area (Å²) in [4.78, 5) is 9.78. The van der Waals surface area contributed by atoms with Crippen molar-refractivity contribution in [3.63, 3.8) is 0 Å². The lowest BCUT2D eigenvalue weighted by Gasteiger charge is -2.35. The van der Waals surface area contributed by atoms with Gasteiger partial charge in [-0.3, -0.25) is 4.57 Å². The van der Waals surface area contributed by atoms with E-state index in [0.717, 1.165) is 84.2 Å². The van der Waals surface area contributed by atoms with Crippen molar-refractivity contribution in [2.24, 2.45) is 7.05 Å². The molecule has 3 aromatic heterocycles. The molecule has 0 N–H and O–H groups in total. The number of fused-ring (bicyclic) bond motifs is 7. The molecule has 4 heterocycles. The maximum absolute atomic E-state index is 6.52. The monoisotopic (exact) mass is 598 g/mol. The van der Waals surface area contributed by atoms with Gasteiger partial charge in [0.2, 0.25) is 0 Å². The molecule has 0 unspecified atom stereocenters. The number of nitrogens with zero attached hydrogens (tertiary/aromatic N) is 4. The zero-order valence-electron chi connectivity index (χ0n) is 25.7. The van der Waals surface area contributed by atoms with E-state index in [9.17, 15) is 0 Å². The molecule has 0 spiro atoms. The van der Waals surface area contributed by atoms with Gasteiger partial charge in [-0.05, 0) is 66.7 Å². The number of imidazole rings is 1. The Morgan fingerprint density at radius 1 is 0.717 bits per heavy atom. The van der Waals surface area contributed by atoms with Crippen molar-refractivity contribution in [3.8, 4) is 40.1 Å². The first-order valence-electron chi connectivity index (χ1n) is 15.5. The molecule has 222 valence electrons. The molecule has 0 aliphatic carbocycles. The van der Waals surface area contributed by atoms with E-state index in [2.05, 4.69) is 77.6 Å². The van der Waals surface area contributed by atoms with E-state index in [-0.39, 0.29) is 5.41 Å². The number of hydrogen-bond acceptors (Lipinski definition) is 4. The molecule has 6 nitrogen and oxygen atoms in total. The van der Waals surface area contributed by atoms with Gasteiger partial charge in [0, 0.05) is 52.2 Å². The molecule has 0 fully saturated rings. The topological polar surface area (TPSA) is 54.1 Å². The van der Waals surface area contributed by atoms with Crippen LogP contribution in [0.5, 0.6) is 23.0 Å². The summed E-state index contributed by atoms with van der Waals surface area (Å²) in [6, 6.07) is 41.2. The van der Waals surface area contributed by atoms with Gasteiger partial charge in [-0.2, -0.15) is 0 Å². The Morgan fingerprint density at radius 2 is 1.52 bits per heavy atom. The van der Waals surface area contributed by atoms with Crippen LogP contribution in [0, 0.1) is 0 Å². The molecule has 6 heteroatoms. The quantitative estimate of drug-likeness (QED) is 0.202. The predicted molar refractivity (Wildman–Crippen MR) is 183 cm³/mol. The van der Waals surface area contributed by atoms with Crippen molar-refractivity contribution in [1.82, 2.24) is 19.1 Å². The second-order valence-corrected chi connectivity index (χ2v) is 12.4. The minimum Gasteiger partial charge on any atom is -0.457 e. The van der Waals surface area contributed by atoms with Gasteiger partial charge >= 0.3 is 0 Å². The van der Waals surface area contributed by atoms with Crippen LogP contribution in [0.2, 0.25) is 0 Å². The zero-order valence-corrected chi connectivity index (χ0v) is 25.7. The minimum atomic E-state index is -0.305. The minimum absolute atomic E-state index is 0.305. The number of hydrogen-bond donors (Lipinski definition) is 0. The van der Waals surface area contributed by atoms with Crippen LogP contribution < -0.4 is 9.47 Å². The number of aryl methyl sites for hydroxylation is 1. The number of rotatable bonds is 4. The molecule has 0 amide bonds. The summed E-state index contributed by atoms with van der Waals surface area (Å²) < 4.78 is 17.4. The molecule has 9 rings (SSSR count). The molecule has 0 saturated carbocycles. The number of ether oxygens (including phenoxy) is 2. The van der Waals surface area contributed by atoms with Crippen LogP contribution in [-0.2, 0) is 12.5 Å². The highest BCUT2D eigenvalue weighted by Gasteiger charge is 2.37. The highest BCUT2D eigenvalue weighted by Crippen LogP contribution is 2.52. The Bertz CT molecular complexity index is 2490. The molecular formula is C40H30N4O2. The number of pyridine rings is 1. The van der Waals surface area contributed by atoms with E-state index < -0.39 is 0 Å². The van der Waals surface area contributed by atoms with Gasteiger partial charge < -0.3 is 14.0 Å². The van der Waals surface area contributed by atoms with Crippen molar-refractivity contribution >= 4 is 33.0 Å². The Morgan fingerprint density at radius 3 is 2.41 bits per heavy atom. The van der Waals surface area contributed by atoms with E-state index in [0.29, 0.717) is 0 Å². The lowest BCUT2D eigenvalue weighted by molar-refractivity contribution is 0.420. The van der Waals surface area contributed by atoms with E-state index in [4.69, 9.17) is 19.4 Å². The second kappa shape index (κ2) is 9.81. The first-order chi connectivity index (χ1) is 22.5. The fourth-order valence-electron chi connectivity index (χ4n) is 7.10. The maximum Gasteiger partial charge on any atom is 0.145 e. The largest absolute Gasteiger partial charge is 0.457 e. The SMILES string of the molecule is Cn1c(-c2cccc(Oc3cccc(-n4c5ncccc5c5ccc6c(c54)C(C)(C)c4ccccc4O6)c3)c2)nc2ccccc21. The summed E-state index contributed by atoms with van der Waals surface area (Å²) in [5, 5.41) is 2.23. The van der Waals surface area contributed by atoms with Gasteiger partial charge in [0.1, 0.15) is 34.5 Å². The van der Waals surface area contributed by atoms with E-state index >= 15 is 0 Å². The first-order valence-corrected chi connectivity index (χ1v) is 15.5. The van der Waals surface area contributed by atoms with Crippen LogP contribution in [0.4, 0.5) is 0 Å². The average Bonchev–Trinajstić information content (AvgIpc) is 3.59. The Kier molecular flexibility index (Phi) is 5.66. The molecule has 1 aliphatic rings. The van der Waals surface area contributed by atoms with Crippen molar-refractivity contribution in [2.45, 2.75) is 19.3 Å². The molecule has 0 saturated heterocycles. The summed E-state index contributed by atoms with van der Waals surface area (Å²) in [6.45, 7) is 4.55. The lowest BCUT2D eigenvalue weighted by Crippen LogP contribution is -2.25. The predicted octanol–water partition coefficient (Wildman–Crippen LogP) is 9.96. The third-order valence-electron chi connectivity index (χ3n) is 9.25. The standard InChI is InChI=1S/C40H30N4O2/c1-40(2)31-16-4-7-19-34(31)46-35-21-20-29-30-15-10-22-41-39(30)44(37(29)36(35)40)26-12-9-14-28(24-26)45-27-13-8-11-25(23-27)38-42-32-17-5-6-18-33(32)43(38)3/h4-24H,1-3H3. The second-order valence-electron chi connectivity index (χ2n) is 12.4. The lowest BCUT2D eigenvalue weighted by atomic mass is 9.75. The van der Waals surface area contributed by atoms with Gasteiger partial charge in [0.15, 0.2) is 0 Å². The number of para-hydroxylation sites is 3.